The van der Waals surface area contributed by atoms with Gasteiger partial charge in [-0.1, -0.05) is 13.8 Å². The molecule has 0 atom stereocenters. The second-order valence-electron chi connectivity index (χ2n) is 5.04. The second kappa shape index (κ2) is 5.69. The lowest BCUT2D eigenvalue weighted by molar-refractivity contribution is 0.569. The monoisotopic (exact) mass is 288 g/mol. The SMILES string of the molecule is CC(C)NCc1sccc1S(=O)(=O)NCC1CC1. The van der Waals surface area contributed by atoms with Crippen molar-refractivity contribution in [3.8, 4) is 0 Å². The van der Waals surface area contributed by atoms with E-state index in [1.54, 1.807) is 6.07 Å². The molecule has 2 rings (SSSR count). The lowest BCUT2D eigenvalue weighted by atomic mass is 10.4. The molecule has 18 heavy (non-hydrogen) atoms. The third-order valence-electron chi connectivity index (χ3n) is 2.92. The molecule has 0 unspecified atom stereocenters. The van der Waals surface area contributed by atoms with Crippen LogP contribution in [0.3, 0.4) is 0 Å². The van der Waals surface area contributed by atoms with Gasteiger partial charge in [-0.2, -0.15) is 0 Å². The first-order valence-electron chi connectivity index (χ1n) is 6.28. The van der Waals surface area contributed by atoms with E-state index in [0.29, 0.717) is 29.9 Å². The van der Waals surface area contributed by atoms with Gasteiger partial charge in [-0.05, 0) is 30.2 Å². The highest BCUT2D eigenvalue weighted by atomic mass is 32.2. The summed E-state index contributed by atoms with van der Waals surface area (Å²) in [5.74, 6) is 0.552. The highest BCUT2D eigenvalue weighted by Crippen LogP contribution is 2.29. The number of thiophene rings is 1. The number of hydrogen-bond donors (Lipinski definition) is 2. The Morgan fingerprint density at radius 1 is 1.44 bits per heavy atom. The molecule has 1 aliphatic rings. The topological polar surface area (TPSA) is 58.2 Å². The molecule has 1 aromatic rings. The van der Waals surface area contributed by atoms with E-state index in [9.17, 15) is 8.42 Å². The Bertz CT molecular complexity index is 490. The lowest BCUT2D eigenvalue weighted by Gasteiger charge is -2.10. The first-order valence-corrected chi connectivity index (χ1v) is 8.65. The summed E-state index contributed by atoms with van der Waals surface area (Å²) in [7, 11) is -3.33. The van der Waals surface area contributed by atoms with Crippen molar-refractivity contribution in [2.45, 2.75) is 44.2 Å². The molecule has 0 radical (unpaired) electrons. The maximum absolute atomic E-state index is 12.2. The van der Waals surface area contributed by atoms with Gasteiger partial charge in [-0.25, -0.2) is 13.1 Å². The van der Waals surface area contributed by atoms with E-state index in [-0.39, 0.29) is 0 Å². The average Bonchev–Trinajstić information content (AvgIpc) is 3.00. The van der Waals surface area contributed by atoms with Crippen LogP contribution in [-0.4, -0.2) is 21.0 Å². The van der Waals surface area contributed by atoms with Gasteiger partial charge in [0.15, 0.2) is 0 Å². The first-order chi connectivity index (χ1) is 8.49. The molecule has 0 spiro atoms. The van der Waals surface area contributed by atoms with Crippen LogP contribution in [0.2, 0.25) is 0 Å². The Morgan fingerprint density at radius 2 is 2.17 bits per heavy atom. The molecule has 0 aliphatic heterocycles. The van der Waals surface area contributed by atoms with E-state index in [1.807, 2.05) is 19.2 Å². The fraction of sp³-hybridized carbons (Fsp3) is 0.667. The van der Waals surface area contributed by atoms with Gasteiger partial charge in [0.05, 0.1) is 4.90 Å². The van der Waals surface area contributed by atoms with Gasteiger partial charge in [0, 0.05) is 24.0 Å². The minimum Gasteiger partial charge on any atom is -0.310 e. The summed E-state index contributed by atoms with van der Waals surface area (Å²) in [5, 5.41) is 5.09. The van der Waals surface area contributed by atoms with Crippen LogP contribution in [0.1, 0.15) is 31.6 Å². The third-order valence-corrected chi connectivity index (χ3v) is 5.48. The number of sulfonamides is 1. The van der Waals surface area contributed by atoms with Crippen LogP contribution >= 0.6 is 11.3 Å². The highest BCUT2D eigenvalue weighted by Gasteiger charge is 2.25. The fourth-order valence-corrected chi connectivity index (χ4v) is 4.13. The maximum atomic E-state index is 12.2. The van der Waals surface area contributed by atoms with Crippen molar-refractivity contribution < 1.29 is 8.42 Å². The normalized spacial score (nSPS) is 16.4. The largest absolute Gasteiger partial charge is 0.310 e. The van der Waals surface area contributed by atoms with Gasteiger partial charge in [0.1, 0.15) is 0 Å². The van der Waals surface area contributed by atoms with Gasteiger partial charge < -0.3 is 5.32 Å². The zero-order valence-corrected chi connectivity index (χ0v) is 12.4. The van der Waals surface area contributed by atoms with E-state index < -0.39 is 10.0 Å². The quantitative estimate of drug-likeness (QED) is 0.806. The van der Waals surface area contributed by atoms with Crippen molar-refractivity contribution in [3.05, 3.63) is 16.3 Å². The Morgan fingerprint density at radius 3 is 2.78 bits per heavy atom. The minimum atomic E-state index is -3.33. The average molecular weight is 288 g/mol. The van der Waals surface area contributed by atoms with Crippen LogP contribution in [-0.2, 0) is 16.6 Å². The Labute approximate surface area is 113 Å². The number of hydrogen-bond acceptors (Lipinski definition) is 4. The zero-order valence-electron chi connectivity index (χ0n) is 10.8. The van der Waals surface area contributed by atoms with Crippen molar-refractivity contribution in [1.82, 2.24) is 10.0 Å². The molecular formula is C12H20N2O2S2. The zero-order chi connectivity index (χ0) is 13.2. The molecule has 1 saturated carbocycles. The summed E-state index contributed by atoms with van der Waals surface area (Å²) in [6.07, 6.45) is 2.29. The summed E-state index contributed by atoms with van der Waals surface area (Å²) in [6, 6.07) is 2.04. The molecule has 2 N–H and O–H groups in total. The van der Waals surface area contributed by atoms with Gasteiger partial charge >= 0.3 is 0 Å². The smallest absolute Gasteiger partial charge is 0.241 e. The Hall–Kier alpha value is -0.430. The predicted octanol–water partition coefficient (Wildman–Crippen LogP) is 1.93. The van der Waals surface area contributed by atoms with Gasteiger partial charge in [-0.15, -0.1) is 11.3 Å². The van der Waals surface area contributed by atoms with Crippen molar-refractivity contribution >= 4 is 21.4 Å². The first kappa shape index (κ1) is 14.0. The fourth-order valence-electron chi connectivity index (χ4n) is 1.62. The number of nitrogens with one attached hydrogen (secondary N) is 2. The van der Waals surface area contributed by atoms with Crippen molar-refractivity contribution in [1.29, 1.82) is 0 Å². The van der Waals surface area contributed by atoms with E-state index in [0.717, 1.165) is 17.7 Å². The van der Waals surface area contributed by atoms with Crippen LogP contribution in [0, 0.1) is 5.92 Å². The summed E-state index contributed by atoms with van der Waals surface area (Å²) >= 11 is 1.49. The molecular weight excluding hydrogens is 268 g/mol. The minimum absolute atomic E-state index is 0.349. The van der Waals surface area contributed by atoms with E-state index in [1.165, 1.54) is 11.3 Å². The molecule has 4 nitrogen and oxygen atoms in total. The molecule has 0 saturated heterocycles. The van der Waals surface area contributed by atoms with E-state index in [4.69, 9.17) is 0 Å². The summed E-state index contributed by atoms with van der Waals surface area (Å²) in [6.45, 7) is 5.28. The molecule has 1 fully saturated rings. The van der Waals surface area contributed by atoms with Crippen molar-refractivity contribution in [2.24, 2.45) is 5.92 Å². The predicted molar refractivity (Wildman–Crippen MR) is 74.2 cm³/mol. The van der Waals surface area contributed by atoms with Gasteiger partial charge in [0.2, 0.25) is 10.0 Å². The summed E-state index contributed by atoms with van der Waals surface area (Å²) in [4.78, 5) is 1.31. The molecule has 102 valence electrons. The summed E-state index contributed by atoms with van der Waals surface area (Å²) in [5.41, 5.74) is 0. The molecule has 1 aliphatic carbocycles. The Balaban J connectivity index is 2.03. The van der Waals surface area contributed by atoms with Crippen LogP contribution in [0.15, 0.2) is 16.3 Å². The molecule has 1 heterocycles. The van der Waals surface area contributed by atoms with E-state index >= 15 is 0 Å². The Kier molecular flexibility index (Phi) is 4.42. The lowest BCUT2D eigenvalue weighted by Crippen LogP contribution is -2.27. The molecule has 0 bridgehead atoms. The standard InChI is InChI=1S/C12H20N2O2S2/c1-9(2)13-8-11-12(5-6-17-11)18(15,16)14-7-10-3-4-10/h5-6,9-10,13-14H,3-4,7-8H2,1-2H3. The van der Waals surface area contributed by atoms with Gasteiger partial charge in [-0.3, -0.25) is 0 Å². The second-order valence-corrected chi connectivity index (χ2v) is 7.77. The molecule has 0 amide bonds. The summed E-state index contributed by atoms with van der Waals surface area (Å²) < 4.78 is 27.0. The van der Waals surface area contributed by atoms with Crippen LogP contribution in [0.25, 0.3) is 0 Å². The van der Waals surface area contributed by atoms with Gasteiger partial charge in [0.25, 0.3) is 0 Å². The van der Waals surface area contributed by atoms with Crippen LogP contribution < -0.4 is 10.0 Å². The van der Waals surface area contributed by atoms with Crippen molar-refractivity contribution in [2.75, 3.05) is 6.54 Å². The maximum Gasteiger partial charge on any atom is 0.241 e. The molecule has 6 heteroatoms. The van der Waals surface area contributed by atoms with Crippen LogP contribution in [0.5, 0.6) is 0 Å². The number of rotatable bonds is 7. The van der Waals surface area contributed by atoms with Crippen molar-refractivity contribution in [3.63, 3.8) is 0 Å². The van der Waals surface area contributed by atoms with Crippen LogP contribution in [0.4, 0.5) is 0 Å². The third kappa shape index (κ3) is 3.78. The highest BCUT2D eigenvalue weighted by molar-refractivity contribution is 7.89. The molecule has 1 aromatic heterocycles. The van der Waals surface area contributed by atoms with E-state index in [2.05, 4.69) is 10.0 Å². The molecule has 0 aromatic carbocycles.